The van der Waals surface area contributed by atoms with Crippen molar-refractivity contribution < 1.29 is 64.5 Å². The van der Waals surface area contributed by atoms with Crippen LogP contribution in [0.3, 0.4) is 0 Å². The van der Waals surface area contributed by atoms with Crippen LogP contribution >= 0.6 is 0 Å². The molecule has 0 aliphatic carbocycles. The highest BCUT2D eigenvalue weighted by molar-refractivity contribution is 5.90. The first-order chi connectivity index (χ1) is 19.8. The summed E-state index contributed by atoms with van der Waals surface area (Å²) >= 11 is 0. The van der Waals surface area contributed by atoms with E-state index in [4.69, 9.17) is 24.5 Å². The van der Waals surface area contributed by atoms with Crippen molar-refractivity contribution in [1.29, 1.82) is 0 Å². The minimum Gasteiger partial charge on any atom is -0.475 e. The second-order valence-electron chi connectivity index (χ2n) is 10.5. The summed E-state index contributed by atoms with van der Waals surface area (Å²) in [5.74, 6) is -5.80. The summed E-state index contributed by atoms with van der Waals surface area (Å²) in [6.07, 6.45) is -8.12. The van der Waals surface area contributed by atoms with Crippen LogP contribution in [0.2, 0.25) is 0 Å². The van der Waals surface area contributed by atoms with Crippen LogP contribution in [-0.2, 0) is 25.7 Å². The van der Waals surface area contributed by atoms with E-state index < -0.39 is 41.5 Å². The molecular formula is C26H33F8N3O6. The van der Waals surface area contributed by atoms with Gasteiger partial charge >= 0.3 is 24.3 Å². The topological polar surface area (TPSA) is 111 Å². The molecule has 0 unspecified atom stereocenters. The van der Waals surface area contributed by atoms with Crippen LogP contribution in [0.25, 0.3) is 0 Å². The van der Waals surface area contributed by atoms with Crippen molar-refractivity contribution in [3.05, 3.63) is 35.9 Å². The summed E-state index contributed by atoms with van der Waals surface area (Å²) in [7, 11) is 1.52. The Balaban J connectivity index is 0.000000384. The van der Waals surface area contributed by atoms with Gasteiger partial charge in [-0.05, 0) is 37.4 Å². The average molecular weight is 636 g/mol. The Morgan fingerprint density at radius 3 is 1.86 bits per heavy atom. The SMILES string of the molecule is COCCN1C[C@@]2(F)CN(CC3CCN(Cc4ccccc4)CC3)C[C@@]2(F)C1=O.O=C(O)C(F)(F)F.O=C(O)C(F)(F)F. The van der Waals surface area contributed by atoms with Crippen LogP contribution in [-0.4, -0.2) is 126 Å². The number of rotatable bonds is 7. The molecule has 0 saturated carbocycles. The summed E-state index contributed by atoms with van der Waals surface area (Å²) in [6, 6.07) is 10.4. The number of amides is 1. The molecule has 1 amide bonds. The Labute approximate surface area is 242 Å². The van der Waals surface area contributed by atoms with Crippen LogP contribution in [0.1, 0.15) is 18.4 Å². The Bertz CT molecular complexity index is 1060. The quantitative estimate of drug-likeness (QED) is 0.439. The number of nitrogens with zero attached hydrogens (tertiary/aromatic N) is 3. The first-order valence-electron chi connectivity index (χ1n) is 13.1. The van der Waals surface area contributed by atoms with Gasteiger partial charge in [0.15, 0.2) is 5.67 Å². The van der Waals surface area contributed by atoms with Crippen molar-refractivity contribution >= 4 is 17.8 Å². The molecule has 1 aromatic carbocycles. The molecule has 0 spiro atoms. The van der Waals surface area contributed by atoms with Crippen LogP contribution in [0.5, 0.6) is 0 Å². The number of halogens is 8. The molecule has 0 bridgehead atoms. The minimum absolute atomic E-state index is 0.00293. The lowest BCUT2D eigenvalue weighted by Crippen LogP contribution is -2.47. The first kappa shape index (κ1) is 36.1. The molecule has 3 heterocycles. The zero-order valence-corrected chi connectivity index (χ0v) is 23.1. The number of benzene rings is 1. The fraction of sp³-hybridized carbons (Fsp3) is 0.654. The molecule has 9 nitrogen and oxygen atoms in total. The third-order valence-corrected chi connectivity index (χ3v) is 7.22. The molecule has 4 rings (SSSR count). The molecule has 3 aliphatic rings. The van der Waals surface area contributed by atoms with Gasteiger partial charge in [0, 0.05) is 39.8 Å². The smallest absolute Gasteiger partial charge is 0.475 e. The summed E-state index contributed by atoms with van der Waals surface area (Å²) in [4.78, 5) is 35.8. The Morgan fingerprint density at radius 1 is 0.907 bits per heavy atom. The van der Waals surface area contributed by atoms with Gasteiger partial charge in [-0.15, -0.1) is 0 Å². The number of ether oxygens (including phenoxy) is 1. The van der Waals surface area contributed by atoms with Crippen molar-refractivity contribution in [1.82, 2.24) is 14.7 Å². The van der Waals surface area contributed by atoms with Crippen LogP contribution in [0, 0.1) is 5.92 Å². The molecule has 3 aliphatic heterocycles. The highest BCUT2D eigenvalue weighted by atomic mass is 19.4. The number of alkyl halides is 8. The third kappa shape index (κ3) is 9.99. The number of hydrogen-bond donors (Lipinski definition) is 2. The zero-order chi connectivity index (χ0) is 32.6. The second kappa shape index (κ2) is 14.6. The standard InChI is InChI=1S/C22H31F2N3O2.2C2HF3O2/c1-29-12-11-27-16-21(23)15-26(17-22(21,24)20(27)28)14-19-7-9-25(10-8-19)13-18-5-3-2-4-6-18;2*3-2(4,5)1(6)7/h2-6,19H,7-17H2,1H3;2*(H,6,7)/t21-,22+;;/m0../s1. The normalized spacial score (nSPS) is 25.0. The molecule has 2 N–H and O–H groups in total. The maximum absolute atomic E-state index is 15.4. The molecular weight excluding hydrogens is 602 g/mol. The number of carboxylic acids is 2. The van der Waals surface area contributed by atoms with E-state index in [1.807, 2.05) is 11.0 Å². The number of piperidine rings is 1. The van der Waals surface area contributed by atoms with Crippen molar-refractivity contribution in [3.63, 3.8) is 0 Å². The lowest BCUT2D eigenvalue weighted by atomic mass is 9.93. The Kier molecular flexibility index (Phi) is 12.3. The van der Waals surface area contributed by atoms with Crippen molar-refractivity contribution in [2.45, 2.75) is 43.1 Å². The van der Waals surface area contributed by atoms with Gasteiger partial charge in [0.2, 0.25) is 5.67 Å². The van der Waals surface area contributed by atoms with Gasteiger partial charge in [-0.2, -0.15) is 26.3 Å². The first-order valence-corrected chi connectivity index (χ1v) is 13.1. The van der Waals surface area contributed by atoms with Crippen molar-refractivity contribution in [2.24, 2.45) is 5.92 Å². The van der Waals surface area contributed by atoms with Gasteiger partial charge in [-0.1, -0.05) is 30.3 Å². The van der Waals surface area contributed by atoms with E-state index in [0.717, 1.165) is 32.5 Å². The maximum Gasteiger partial charge on any atom is 0.490 e. The molecule has 2 atom stereocenters. The molecule has 1 aromatic rings. The minimum atomic E-state index is -5.08. The third-order valence-electron chi connectivity index (χ3n) is 7.22. The van der Waals surface area contributed by atoms with Gasteiger partial charge < -0.3 is 19.8 Å². The van der Waals surface area contributed by atoms with Crippen LogP contribution in [0.4, 0.5) is 35.1 Å². The van der Waals surface area contributed by atoms with E-state index in [0.29, 0.717) is 19.1 Å². The average Bonchev–Trinajstić information content (AvgIpc) is 3.26. The van der Waals surface area contributed by atoms with Gasteiger partial charge in [0.1, 0.15) is 0 Å². The highest BCUT2D eigenvalue weighted by Crippen LogP contribution is 2.45. The number of carbonyl (C=O) groups excluding carboxylic acids is 1. The fourth-order valence-electron chi connectivity index (χ4n) is 5.09. The van der Waals surface area contributed by atoms with Crippen LogP contribution in [0.15, 0.2) is 30.3 Å². The lowest BCUT2D eigenvalue weighted by molar-refractivity contribution is -0.193. The number of methoxy groups -OCH3 is 1. The Morgan fingerprint density at radius 2 is 1.42 bits per heavy atom. The molecule has 0 radical (unpaired) electrons. The summed E-state index contributed by atoms with van der Waals surface area (Å²) in [6.45, 7) is 3.86. The monoisotopic (exact) mass is 635 g/mol. The van der Waals surface area contributed by atoms with Crippen molar-refractivity contribution in [2.75, 3.05) is 59.5 Å². The zero-order valence-electron chi connectivity index (χ0n) is 23.1. The number of likely N-dealkylation sites (tertiary alicyclic amines) is 3. The molecule has 3 fully saturated rings. The summed E-state index contributed by atoms with van der Waals surface area (Å²) in [5, 5.41) is 14.2. The van der Waals surface area contributed by atoms with Gasteiger partial charge in [0.25, 0.3) is 5.91 Å². The Hall–Kier alpha value is -3.05. The van der Waals surface area contributed by atoms with Gasteiger partial charge in [-0.25, -0.2) is 18.4 Å². The van der Waals surface area contributed by atoms with Crippen molar-refractivity contribution in [3.8, 4) is 0 Å². The van der Waals surface area contributed by atoms with Crippen LogP contribution < -0.4 is 0 Å². The number of hydrogen-bond acceptors (Lipinski definition) is 6. The van der Waals surface area contributed by atoms with Gasteiger partial charge in [0.05, 0.1) is 13.2 Å². The highest BCUT2D eigenvalue weighted by Gasteiger charge is 2.70. The summed E-state index contributed by atoms with van der Waals surface area (Å²) in [5.41, 5.74) is -3.20. The lowest BCUT2D eigenvalue weighted by Gasteiger charge is -2.34. The molecule has 17 heteroatoms. The predicted molar refractivity (Wildman–Crippen MR) is 134 cm³/mol. The number of carboxylic acid groups (broad SMARTS) is 2. The van der Waals surface area contributed by atoms with E-state index in [9.17, 15) is 31.1 Å². The predicted octanol–water partition coefficient (Wildman–Crippen LogP) is 3.39. The van der Waals surface area contributed by atoms with E-state index in [1.54, 1.807) is 0 Å². The van der Waals surface area contributed by atoms with E-state index in [1.165, 1.54) is 17.6 Å². The molecule has 43 heavy (non-hydrogen) atoms. The fourth-order valence-corrected chi connectivity index (χ4v) is 5.09. The molecule has 3 saturated heterocycles. The number of carbonyl (C=O) groups is 3. The molecule has 0 aromatic heterocycles. The van der Waals surface area contributed by atoms with E-state index in [-0.39, 0.29) is 26.2 Å². The van der Waals surface area contributed by atoms with Gasteiger partial charge in [-0.3, -0.25) is 14.6 Å². The second-order valence-corrected chi connectivity index (χ2v) is 10.5. The number of aliphatic carboxylic acids is 2. The van der Waals surface area contributed by atoms with E-state index >= 15 is 8.78 Å². The number of fused-ring (bicyclic) bond motifs is 1. The molecule has 244 valence electrons. The van der Waals surface area contributed by atoms with E-state index in [2.05, 4.69) is 29.2 Å². The maximum atomic E-state index is 15.4. The summed E-state index contributed by atoms with van der Waals surface area (Å²) < 4.78 is 99.2. The largest absolute Gasteiger partial charge is 0.490 e.